The number of halogens is 1. The summed E-state index contributed by atoms with van der Waals surface area (Å²) in [5.74, 6) is -0.256. The van der Waals surface area contributed by atoms with Crippen molar-refractivity contribution in [3.05, 3.63) is 53.6 Å². The maximum Gasteiger partial charge on any atom is 0.325 e. The van der Waals surface area contributed by atoms with E-state index in [4.69, 9.17) is 25.2 Å². The molecule has 0 bridgehead atoms. The Labute approximate surface area is 176 Å². The highest BCUT2D eigenvalue weighted by Gasteiger charge is 2.17. The lowest BCUT2D eigenvalue weighted by Gasteiger charge is -2.16. The molecular formula is C20H21ClN2O5S. The molecule has 1 atom stereocenters. The van der Waals surface area contributed by atoms with Crippen LogP contribution in [0, 0.1) is 0 Å². The van der Waals surface area contributed by atoms with Gasteiger partial charge < -0.3 is 9.30 Å². The summed E-state index contributed by atoms with van der Waals surface area (Å²) in [5.41, 5.74) is 3.46. The summed E-state index contributed by atoms with van der Waals surface area (Å²) in [7, 11) is 2.94. The fourth-order valence-electron chi connectivity index (χ4n) is 3.26. The Kier molecular flexibility index (Phi) is 6.92. The molecule has 0 saturated carbocycles. The van der Waals surface area contributed by atoms with Crippen LogP contribution in [0.1, 0.15) is 12.8 Å². The lowest BCUT2D eigenvalue weighted by atomic mass is 10.1. The van der Waals surface area contributed by atoms with Gasteiger partial charge in [-0.3, -0.25) is 9.35 Å². The first-order chi connectivity index (χ1) is 13.9. The number of rotatable bonds is 8. The van der Waals surface area contributed by atoms with Gasteiger partial charge in [0.2, 0.25) is 0 Å². The molecule has 3 aromatic rings. The van der Waals surface area contributed by atoms with E-state index in [1.165, 1.54) is 12.2 Å². The van der Waals surface area contributed by atoms with E-state index in [0.717, 1.165) is 22.2 Å². The van der Waals surface area contributed by atoms with Crippen molar-refractivity contribution < 1.29 is 22.6 Å². The van der Waals surface area contributed by atoms with E-state index in [9.17, 15) is 9.00 Å². The molecule has 0 aliphatic carbocycles. The topological polar surface area (TPSA) is 81.0 Å². The van der Waals surface area contributed by atoms with Gasteiger partial charge in [-0.15, -0.1) is 4.28 Å². The molecule has 0 spiro atoms. The van der Waals surface area contributed by atoms with E-state index in [1.54, 1.807) is 13.1 Å². The molecule has 0 fully saturated rings. The van der Waals surface area contributed by atoms with Gasteiger partial charge in [-0.2, -0.15) is 4.21 Å². The van der Waals surface area contributed by atoms with E-state index in [1.807, 2.05) is 42.5 Å². The van der Waals surface area contributed by atoms with Crippen molar-refractivity contribution in [2.24, 2.45) is 0 Å². The first-order valence-electron chi connectivity index (χ1n) is 8.88. The zero-order valence-corrected chi connectivity index (χ0v) is 17.6. The number of nitrogens with zero attached hydrogens (tertiary/aromatic N) is 2. The minimum absolute atomic E-state index is 0.256. The smallest absolute Gasteiger partial charge is 0.325 e. The first-order valence-corrected chi connectivity index (χ1v) is 10.3. The Morgan fingerprint density at radius 3 is 2.62 bits per heavy atom. The number of hydrogen-bond donors (Lipinski definition) is 1. The van der Waals surface area contributed by atoms with Crippen molar-refractivity contribution in [1.29, 1.82) is 0 Å². The van der Waals surface area contributed by atoms with Crippen molar-refractivity contribution in [1.82, 2.24) is 4.57 Å². The van der Waals surface area contributed by atoms with E-state index < -0.39 is 11.4 Å². The van der Waals surface area contributed by atoms with Crippen LogP contribution < -0.4 is 5.06 Å². The molecule has 7 nitrogen and oxygen atoms in total. The first kappa shape index (κ1) is 21.3. The molecule has 0 aliphatic rings. The summed E-state index contributed by atoms with van der Waals surface area (Å²) < 4.78 is 31.9. The quantitative estimate of drug-likeness (QED) is 0.320. The van der Waals surface area contributed by atoms with Crippen LogP contribution in [-0.4, -0.2) is 33.5 Å². The van der Waals surface area contributed by atoms with E-state index in [2.05, 4.69) is 4.57 Å². The molecule has 0 radical (unpaired) electrons. The molecule has 1 aromatic heterocycles. The molecule has 154 valence electrons. The number of hydrogen-bond acceptors (Lipinski definition) is 5. The lowest BCUT2D eigenvalue weighted by Crippen LogP contribution is -2.19. The highest BCUT2D eigenvalue weighted by Crippen LogP contribution is 2.35. The Balaban J connectivity index is 2.08. The number of benzene rings is 2. The molecular weight excluding hydrogens is 416 g/mol. The zero-order valence-electron chi connectivity index (χ0n) is 16.0. The van der Waals surface area contributed by atoms with Crippen LogP contribution >= 0.6 is 11.6 Å². The Bertz CT molecular complexity index is 1040. The van der Waals surface area contributed by atoms with Gasteiger partial charge in [-0.25, -0.2) is 5.06 Å². The molecule has 0 saturated heterocycles. The molecule has 1 heterocycles. The second-order valence-corrected chi connectivity index (χ2v) is 7.39. The SMILES string of the molecule is COC(=O)CCCn1c(-c2ccc(Cl)cc2)cc2c(N(C)OS(=O)O)cccc21. The van der Waals surface area contributed by atoms with Gasteiger partial charge in [0.25, 0.3) is 0 Å². The number of carbonyl (C=O) groups is 1. The van der Waals surface area contributed by atoms with E-state index >= 15 is 0 Å². The fraction of sp³-hybridized carbons (Fsp3) is 0.250. The highest BCUT2D eigenvalue weighted by atomic mass is 35.5. The van der Waals surface area contributed by atoms with Crippen LogP contribution in [0.3, 0.4) is 0 Å². The third-order valence-corrected chi connectivity index (χ3v) is 5.17. The highest BCUT2D eigenvalue weighted by molar-refractivity contribution is 7.74. The molecule has 0 amide bonds. The van der Waals surface area contributed by atoms with Crippen molar-refractivity contribution in [2.75, 3.05) is 19.2 Å². The number of anilines is 1. The molecule has 2 aromatic carbocycles. The van der Waals surface area contributed by atoms with Gasteiger partial charge in [0.15, 0.2) is 0 Å². The number of hydroxylamine groups is 1. The van der Waals surface area contributed by atoms with Crippen molar-refractivity contribution in [3.8, 4) is 11.3 Å². The summed E-state index contributed by atoms with van der Waals surface area (Å²) in [4.78, 5) is 11.5. The second kappa shape index (κ2) is 9.41. The molecule has 29 heavy (non-hydrogen) atoms. The van der Waals surface area contributed by atoms with E-state index in [-0.39, 0.29) is 5.97 Å². The summed E-state index contributed by atoms with van der Waals surface area (Å²) in [6.07, 6.45) is 0.913. The Morgan fingerprint density at radius 2 is 1.97 bits per heavy atom. The van der Waals surface area contributed by atoms with Crippen LogP contribution in [0.15, 0.2) is 48.5 Å². The summed E-state index contributed by atoms with van der Waals surface area (Å²) in [6.45, 7) is 0.594. The van der Waals surface area contributed by atoms with Gasteiger partial charge in [0, 0.05) is 36.1 Å². The lowest BCUT2D eigenvalue weighted by molar-refractivity contribution is -0.140. The van der Waals surface area contributed by atoms with Gasteiger partial charge in [-0.1, -0.05) is 29.8 Å². The average molecular weight is 437 g/mol. The third kappa shape index (κ3) is 4.97. The molecule has 9 heteroatoms. The Morgan fingerprint density at radius 1 is 1.24 bits per heavy atom. The van der Waals surface area contributed by atoms with Crippen LogP contribution in [-0.2, 0) is 31.7 Å². The largest absolute Gasteiger partial charge is 0.469 e. The number of ether oxygens (including phenoxy) is 1. The standard InChI is InChI=1S/C20H21ClN2O5S/c1-22(28-29(25)26)17-5-3-6-18-16(17)13-19(14-8-10-15(21)11-9-14)23(18)12-4-7-20(24)27-2/h3,5-6,8-11,13H,4,7,12H2,1-2H3,(H,25,26). The predicted molar refractivity (Wildman–Crippen MR) is 114 cm³/mol. The van der Waals surface area contributed by atoms with Crippen LogP contribution in [0.25, 0.3) is 22.2 Å². The summed E-state index contributed by atoms with van der Waals surface area (Å²) >= 11 is 3.60. The molecule has 0 aliphatic heterocycles. The number of fused-ring (bicyclic) bond motifs is 1. The van der Waals surface area contributed by atoms with Crippen LogP contribution in [0.2, 0.25) is 5.02 Å². The number of carbonyl (C=O) groups excluding carboxylic acids is 1. The van der Waals surface area contributed by atoms with Gasteiger partial charge in [0.1, 0.15) is 0 Å². The minimum Gasteiger partial charge on any atom is -0.469 e. The maximum atomic E-state index is 11.5. The second-order valence-electron chi connectivity index (χ2n) is 6.37. The van der Waals surface area contributed by atoms with Crippen LogP contribution in [0.5, 0.6) is 0 Å². The van der Waals surface area contributed by atoms with Crippen LogP contribution in [0.4, 0.5) is 5.69 Å². The monoisotopic (exact) mass is 436 g/mol. The third-order valence-electron chi connectivity index (χ3n) is 4.57. The van der Waals surface area contributed by atoms with Gasteiger partial charge >= 0.3 is 17.3 Å². The average Bonchev–Trinajstić information content (AvgIpc) is 3.06. The minimum atomic E-state index is -2.43. The summed E-state index contributed by atoms with van der Waals surface area (Å²) in [5, 5.41) is 2.76. The molecule has 1 N–H and O–H groups in total. The molecule has 3 rings (SSSR count). The normalized spacial score (nSPS) is 12.1. The van der Waals surface area contributed by atoms with E-state index in [0.29, 0.717) is 30.1 Å². The zero-order chi connectivity index (χ0) is 21.0. The number of methoxy groups -OCH3 is 1. The molecule has 1 unspecified atom stereocenters. The van der Waals surface area contributed by atoms with Crippen molar-refractivity contribution in [3.63, 3.8) is 0 Å². The fourth-order valence-corrected chi connectivity index (χ4v) is 3.66. The van der Waals surface area contributed by atoms with Crippen molar-refractivity contribution in [2.45, 2.75) is 19.4 Å². The number of aromatic nitrogens is 1. The number of esters is 1. The number of aryl methyl sites for hydroxylation is 1. The van der Waals surface area contributed by atoms with Gasteiger partial charge in [-0.05, 0) is 42.3 Å². The van der Waals surface area contributed by atoms with Crippen molar-refractivity contribution >= 4 is 45.5 Å². The van der Waals surface area contributed by atoms with Gasteiger partial charge in [0.05, 0.1) is 18.3 Å². The predicted octanol–water partition coefficient (Wildman–Crippen LogP) is 4.42. The summed E-state index contributed by atoms with van der Waals surface area (Å²) in [6, 6.07) is 15.1. The maximum absolute atomic E-state index is 11.5. The Hall–Kier alpha value is -2.39.